The molecule has 1 amide bonds. The summed E-state index contributed by atoms with van der Waals surface area (Å²) in [7, 11) is 0. The van der Waals surface area contributed by atoms with Crippen molar-refractivity contribution in [2.45, 2.75) is 40.5 Å². The standard InChI is InChI=1S/C17H26N2O/c1-16(2)14(17(16,3)4)11-19-15(20)10-7-12-5-8-13(18)9-6-12/h5-6,8-9,14H,7,10-11,18H2,1-4H3,(H,19,20). The summed E-state index contributed by atoms with van der Waals surface area (Å²) in [5.74, 6) is 0.718. The van der Waals surface area contributed by atoms with Crippen LogP contribution < -0.4 is 11.1 Å². The maximum absolute atomic E-state index is 11.9. The minimum Gasteiger partial charge on any atom is -0.399 e. The van der Waals surface area contributed by atoms with Gasteiger partial charge in [0.05, 0.1) is 0 Å². The molecule has 1 fully saturated rings. The number of nitrogen functional groups attached to an aromatic ring is 1. The van der Waals surface area contributed by atoms with Gasteiger partial charge in [-0.05, 0) is 40.9 Å². The van der Waals surface area contributed by atoms with E-state index in [0.29, 0.717) is 23.2 Å². The molecule has 0 bridgehead atoms. The third kappa shape index (κ3) is 2.82. The molecule has 3 N–H and O–H groups in total. The second kappa shape index (κ2) is 5.12. The maximum Gasteiger partial charge on any atom is 0.220 e. The van der Waals surface area contributed by atoms with E-state index in [2.05, 4.69) is 33.0 Å². The highest BCUT2D eigenvalue weighted by molar-refractivity contribution is 5.76. The van der Waals surface area contributed by atoms with Gasteiger partial charge in [-0.25, -0.2) is 0 Å². The van der Waals surface area contributed by atoms with Crippen molar-refractivity contribution in [2.75, 3.05) is 12.3 Å². The quantitative estimate of drug-likeness (QED) is 0.811. The number of hydrogen-bond donors (Lipinski definition) is 2. The fourth-order valence-electron chi connectivity index (χ4n) is 3.09. The largest absolute Gasteiger partial charge is 0.399 e. The molecule has 1 aliphatic carbocycles. The highest BCUT2D eigenvalue weighted by Crippen LogP contribution is 2.67. The summed E-state index contributed by atoms with van der Waals surface area (Å²) in [5.41, 5.74) is 8.22. The highest BCUT2D eigenvalue weighted by Gasteiger charge is 2.64. The van der Waals surface area contributed by atoms with Crippen LogP contribution in [0.15, 0.2) is 24.3 Å². The number of benzene rings is 1. The summed E-state index contributed by atoms with van der Waals surface area (Å²) in [6.07, 6.45) is 1.31. The average Bonchev–Trinajstić information content (AvgIpc) is 2.76. The Bertz CT molecular complexity index is 474. The lowest BCUT2D eigenvalue weighted by atomic mass is 10.0. The molecule has 3 nitrogen and oxygen atoms in total. The molecule has 0 saturated heterocycles. The van der Waals surface area contributed by atoms with Crippen LogP contribution in [0.1, 0.15) is 39.7 Å². The van der Waals surface area contributed by atoms with E-state index >= 15 is 0 Å². The van der Waals surface area contributed by atoms with Gasteiger partial charge in [-0.1, -0.05) is 39.8 Å². The molecule has 1 aliphatic rings. The smallest absolute Gasteiger partial charge is 0.220 e. The first-order valence-electron chi connectivity index (χ1n) is 7.36. The molecule has 1 saturated carbocycles. The van der Waals surface area contributed by atoms with Crippen molar-refractivity contribution in [3.05, 3.63) is 29.8 Å². The number of rotatable bonds is 5. The van der Waals surface area contributed by atoms with E-state index in [0.717, 1.165) is 24.2 Å². The molecule has 0 heterocycles. The maximum atomic E-state index is 11.9. The zero-order valence-corrected chi connectivity index (χ0v) is 13.0. The van der Waals surface area contributed by atoms with Crippen molar-refractivity contribution in [3.63, 3.8) is 0 Å². The highest BCUT2D eigenvalue weighted by atomic mass is 16.1. The van der Waals surface area contributed by atoms with Crippen molar-refractivity contribution in [1.29, 1.82) is 0 Å². The van der Waals surface area contributed by atoms with Gasteiger partial charge in [0.1, 0.15) is 0 Å². The van der Waals surface area contributed by atoms with Crippen molar-refractivity contribution in [2.24, 2.45) is 16.7 Å². The van der Waals surface area contributed by atoms with Crippen LogP contribution in [0.5, 0.6) is 0 Å². The second-order valence-corrected chi connectivity index (χ2v) is 7.04. The number of hydrogen-bond acceptors (Lipinski definition) is 2. The van der Waals surface area contributed by atoms with Crippen LogP contribution in [-0.2, 0) is 11.2 Å². The zero-order valence-electron chi connectivity index (χ0n) is 13.0. The van der Waals surface area contributed by atoms with Crippen molar-refractivity contribution < 1.29 is 4.79 Å². The van der Waals surface area contributed by atoms with Crippen LogP contribution >= 0.6 is 0 Å². The van der Waals surface area contributed by atoms with Crippen molar-refractivity contribution in [3.8, 4) is 0 Å². The van der Waals surface area contributed by atoms with E-state index in [4.69, 9.17) is 5.73 Å². The Labute approximate surface area is 121 Å². The van der Waals surface area contributed by atoms with Gasteiger partial charge in [-0.3, -0.25) is 4.79 Å². The first-order valence-corrected chi connectivity index (χ1v) is 7.36. The number of anilines is 1. The molecule has 0 radical (unpaired) electrons. The molecule has 2 rings (SSSR count). The van der Waals surface area contributed by atoms with Gasteiger partial charge in [-0.2, -0.15) is 0 Å². The van der Waals surface area contributed by atoms with Gasteiger partial charge in [0.25, 0.3) is 0 Å². The third-order valence-electron chi connectivity index (χ3n) is 5.44. The Balaban J connectivity index is 1.73. The Hall–Kier alpha value is -1.51. The topological polar surface area (TPSA) is 55.1 Å². The second-order valence-electron chi connectivity index (χ2n) is 7.04. The molecule has 0 aliphatic heterocycles. The number of nitrogens with two attached hydrogens (primary N) is 1. The Morgan fingerprint density at radius 2 is 1.70 bits per heavy atom. The summed E-state index contributed by atoms with van der Waals surface area (Å²) in [6.45, 7) is 9.90. The normalized spacial score (nSPS) is 19.6. The van der Waals surface area contributed by atoms with E-state index in [1.165, 1.54) is 0 Å². The van der Waals surface area contributed by atoms with E-state index in [-0.39, 0.29) is 5.91 Å². The van der Waals surface area contributed by atoms with Crippen LogP contribution in [-0.4, -0.2) is 12.5 Å². The van der Waals surface area contributed by atoms with Gasteiger partial charge in [0, 0.05) is 18.7 Å². The lowest BCUT2D eigenvalue weighted by Crippen LogP contribution is -2.27. The summed E-state index contributed by atoms with van der Waals surface area (Å²) >= 11 is 0. The van der Waals surface area contributed by atoms with Gasteiger partial charge < -0.3 is 11.1 Å². The van der Waals surface area contributed by atoms with Gasteiger partial charge in [0.15, 0.2) is 0 Å². The number of carbonyl (C=O) groups is 1. The van der Waals surface area contributed by atoms with Crippen molar-refractivity contribution >= 4 is 11.6 Å². The van der Waals surface area contributed by atoms with Crippen LogP contribution in [0.25, 0.3) is 0 Å². The molecule has 110 valence electrons. The van der Waals surface area contributed by atoms with E-state index < -0.39 is 0 Å². The first kappa shape index (κ1) is 14.9. The molecule has 0 atom stereocenters. The van der Waals surface area contributed by atoms with E-state index in [9.17, 15) is 4.79 Å². The Morgan fingerprint density at radius 1 is 1.15 bits per heavy atom. The summed E-state index contributed by atoms with van der Waals surface area (Å²) < 4.78 is 0. The molecule has 0 spiro atoms. The first-order chi connectivity index (χ1) is 9.25. The zero-order chi connectivity index (χ0) is 15.0. The van der Waals surface area contributed by atoms with E-state index in [1.807, 2.05) is 24.3 Å². The van der Waals surface area contributed by atoms with Gasteiger partial charge in [0.2, 0.25) is 5.91 Å². The number of aryl methyl sites for hydroxylation is 1. The fourth-order valence-corrected chi connectivity index (χ4v) is 3.09. The minimum absolute atomic E-state index is 0.139. The predicted molar refractivity (Wildman–Crippen MR) is 83.2 cm³/mol. The average molecular weight is 274 g/mol. The fraction of sp³-hybridized carbons (Fsp3) is 0.588. The van der Waals surface area contributed by atoms with Crippen LogP contribution in [0.3, 0.4) is 0 Å². The number of nitrogens with one attached hydrogen (secondary N) is 1. The molecule has 3 heteroatoms. The molecule has 1 aromatic carbocycles. The van der Waals surface area contributed by atoms with E-state index in [1.54, 1.807) is 0 Å². The van der Waals surface area contributed by atoms with Crippen LogP contribution in [0.2, 0.25) is 0 Å². The predicted octanol–water partition coefficient (Wildman–Crippen LogP) is 3.00. The minimum atomic E-state index is 0.139. The van der Waals surface area contributed by atoms with Crippen molar-refractivity contribution in [1.82, 2.24) is 5.32 Å². The van der Waals surface area contributed by atoms with Gasteiger partial charge in [-0.15, -0.1) is 0 Å². The molecule has 0 unspecified atom stereocenters. The molecule has 1 aromatic rings. The summed E-state index contributed by atoms with van der Waals surface area (Å²) in [6, 6.07) is 7.72. The lowest BCUT2D eigenvalue weighted by Gasteiger charge is -2.07. The lowest BCUT2D eigenvalue weighted by molar-refractivity contribution is -0.121. The molecular weight excluding hydrogens is 248 g/mol. The summed E-state index contributed by atoms with van der Waals surface area (Å²) in [4.78, 5) is 11.9. The van der Waals surface area contributed by atoms with Crippen LogP contribution in [0, 0.1) is 16.7 Å². The monoisotopic (exact) mass is 274 g/mol. The Morgan fingerprint density at radius 3 is 2.20 bits per heavy atom. The SMILES string of the molecule is CC1(C)C(CNC(=O)CCc2ccc(N)cc2)C1(C)C. The summed E-state index contributed by atoms with van der Waals surface area (Å²) in [5, 5.41) is 3.07. The third-order valence-corrected chi connectivity index (χ3v) is 5.44. The number of carbonyl (C=O) groups excluding carboxylic acids is 1. The molecular formula is C17H26N2O. The molecule has 20 heavy (non-hydrogen) atoms. The Kier molecular flexibility index (Phi) is 3.81. The molecule has 0 aromatic heterocycles. The van der Waals surface area contributed by atoms with Gasteiger partial charge >= 0.3 is 0 Å². The number of amides is 1. The van der Waals surface area contributed by atoms with Crippen LogP contribution in [0.4, 0.5) is 5.69 Å².